The molecule has 0 saturated carbocycles. The standard InChI is InChI=1S/C17H28N4O3S/c1-3-25(22,23)9-7-21-12-17(13-21)15(5-8-24-17)4-6-18-16-19-10-14(2)11-20-16/h10-11,15H,3-9,12-13H2,1-2H3,(H,18,19,20). The number of anilines is 1. The topological polar surface area (TPSA) is 84.4 Å². The maximum Gasteiger partial charge on any atom is 0.222 e. The Labute approximate surface area is 150 Å². The van der Waals surface area contributed by atoms with Crippen molar-refractivity contribution in [3.63, 3.8) is 0 Å². The molecule has 1 spiro atoms. The number of hydrogen-bond acceptors (Lipinski definition) is 7. The van der Waals surface area contributed by atoms with E-state index >= 15 is 0 Å². The Bertz CT molecular complexity index is 672. The van der Waals surface area contributed by atoms with E-state index in [1.54, 1.807) is 6.92 Å². The zero-order valence-electron chi connectivity index (χ0n) is 15.1. The molecular formula is C17H28N4O3S. The molecule has 1 N–H and O–H groups in total. The molecule has 2 fully saturated rings. The van der Waals surface area contributed by atoms with Crippen LogP contribution < -0.4 is 5.32 Å². The number of aromatic nitrogens is 2. The van der Waals surface area contributed by atoms with Crippen LogP contribution in [0.15, 0.2) is 12.4 Å². The highest BCUT2D eigenvalue weighted by molar-refractivity contribution is 7.91. The van der Waals surface area contributed by atoms with Gasteiger partial charge in [-0.05, 0) is 31.2 Å². The predicted octanol–water partition coefficient (Wildman–Crippen LogP) is 1.11. The molecule has 0 aromatic carbocycles. The van der Waals surface area contributed by atoms with E-state index in [0.29, 0.717) is 18.4 Å². The second-order valence-corrected chi connectivity index (χ2v) is 9.62. The van der Waals surface area contributed by atoms with Gasteiger partial charge in [-0.1, -0.05) is 6.92 Å². The van der Waals surface area contributed by atoms with Gasteiger partial charge in [0.2, 0.25) is 5.95 Å². The van der Waals surface area contributed by atoms with Crippen LogP contribution in [0, 0.1) is 12.8 Å². The van der Waals surface area contributed by atoms with E-state index in [0.717, 1.165) is 44.6 Å². The summed E-state index contributed by atoms with van der Waals surface area (Å²) in [7, 11) is -2.89. The third-order valence-electron chi connectivity index (χ3n) is 5.30. The van der Waals surface area contributed by atoms with Crippen LogP contribution in [0.25, 0.3) is 0 Å². The zero-order valence-corrected chi connectivity index (χ0v) is 15.9. The van der Waals surface area contributed by atoms with Gasteiger partial charge in [-0.2, -0.15) is 0 Å². The number of hydrogen-bond donors (Lipinski definition) is 1. The molecule has 1 aromatic rings. The Hall–Kier alpha value is -1.25. The fourth-order valence-corrected chi connectivity index (χ4v) is 4.49. The van der Waals surface area contributed by atoms with Crippen molar-refractivity contribution in [1.29, 1.82) is 0 Å². The lowest BCUT2D eigenvalue weighted by molar-refractivity contribution is -0.131. The van der Waals surface area contributed by atoms with Crippen LogP contribution in [0.5, 0.6) is 0 Å². The van der Waals surface area contributed by atoms with Crippen molar-refractivity contribution in [2.75, 3.05) is 49.6 Å². The highest BCUT2D eigenvalue weighted by atomic mass is 32.2. The van der Waals surface area contributed by atoms with Crippen LogP contribution in [-0.4, -0.2) is 73.2 Å². The van der Waals surface area contributed by atoms with Crippen LogP contribution >= 0.6 is 0 Å². The molecule has 0 radical (unpaired) electrons. The third kappa shape index (κ3) is 4.48. The number of sulfone groups is 1. The van der Waals surface area contributed by atoms with Crippen molar-refractivity contribution in [2.24, 2.45) is 5.92 Å². The fraction of sp³-hybridized carbons (Fsp3) is 0.765. The quantitative estimate of drug-likeness (QED) is 0.736. The van der Waals surface area contributed by atoms with Gasteiger partial charge in [-0.25, -0.2) is 18.4 Å². The van der Waals surface area contributed by atoms with Crippen LogP contribution in [0.3, 0.4) is 0 Å². The zero-order chi connectivity index (χ0) is 17.9. The maximum atomic E-state index is 11.6. The molecule has 140 valence electrons. The summed E-state index contributed by atoms with van der Waals surface area (Å²) in [4.78, 5) is 10.7. The number of likely N-dealkylation sites (tertiary alicyclic amines) is 1. The number of ether oxygens (including phenoxy) is 1. The van der Waals surface area contributed by atoms with E-state index in [9.17, 15) is 8.42 Å². The first kappa shape index (κ1) is 18.5. The number of rotatable bonds is 8. The first-order valence-electron chi connectivity index (χ1n) is 9.02. The van der Waals surface area contributed by atoms with Gasteiger partial charge in [-0.15, -0.1) is 0 Å². The summed E-state index contributed by atoms with van der Waals surface area (Å²) >= 11 is 0. The number of nitrogens with zero attached hydrogens (tertiary/aromatic N) is 3. The summed E-state index contributed by atoms with van der Waals surface area (Å²) in [6.45, 7) is 7.60. The SMILES string of the molecule is CCS(=O)(=O)CCN1CC2(C1)OCCC2CCNc1ncc(C)cn1. The highest BCUT2D eigenvalue weighted by Crippen LogP contribution is 2.41. The third-order valence-corrected chi connectivity index (χ3v) is 6.98. The van der Waals surface area contributed by atoms with E-state index in [2.05, 4.69) is 20.2 Å². The lowest BCUT2D eigenvalue weighted by Crippen LogP contribution is -2.65. The summed E-state index contributed by atoms with van der Waals surface area (Å²) in [5.41, 5.74) is 0.972. The van der Waals surface area contributed by atoms with Crippen LogP contribution in [0.4, 0.5) is 5.95 Å². The molecule has 7 nitrogen and oxygen atoms in total. The average Bonchev–Trinajstić information content (AvgIpc) is 2.98. The second-order valence-electron chi connectivity index (χ2n) is 7.15. The molecule has 2 aliphatic rings. The van der Waals surface area contributed by atoms with Gasteiger partial charge in [0.15, 0.2) is 9.84 Å². The Morgan fingerprint density at radius 3 is 2.76 bits per heavy atom. The van der Waals surface area contributed by atoms with Gasteiger partial charge in [0, 0.05) is 50.9 Å². The molecule has 2 saturated heterocycles. The molecule has 8 heteroatoms. The van der Waals surface area contributed by atoms with Crippen LogP contribution in [-0.2, 0) is 14.6 Å². The minimum atomic E-state index is -2.89. The minimum Gasteiger partial charge on any atom is -0.372 e. The first-order valence-corrected chi connectivity index (χ1v) is 10.8. The van der Waals surface area contributed by atoms with E-state index in [-0.39, 0.29) is 17.1 Å². The van der Waals surface area contributed by atoms with Crippen molar-refractivity contribution in [1.82, 2.24) is 14.9 Å². The Morgan fingerprint density at radius 2 is 2.08 bits per heavy atom. The van der Waals surface area contributed by atoms with E-state index < -0.39 is 9.84 Å². The minimum absolute atomic E-state index is 0.0776. The Balaban J connectivity index is 1.43. The van der Waals surface area contributed by atoms with Gasteiger partial charge in [0.1, 0.15) is 0 Å². The average molecular weight is 369 g/mol. The molecule has 0 aliphatic carbocycles. The van der Waals surface area contributed by atoms with Gasteiger partial charge < -0.3 is 10.1 Å². The normalized spacial score (nSPS) is 22.9. The lowest BCUT2D eigenvalue weighted by atomic mass is 9.79. The number of nitrogens with one attached hydrogen (secondary N) is 1. The molecule has 0 bridgehead atoms. The summed E-state index contributed by atoms with van der Waals surface area (Å²) in [5.74, 6) is 1.64. The van der Waals surface area contributed by atoms with Gasteiger partial charge in [0.25, 0.3) is 0 Å². The summed E-state index contributed by atoms with van der Waals surface area (Å²) < 4.78 is 29.3. The van der Waals surface area contributed by atoms with Gasteiger partial charge in [-0.3, -0.25) is 4.90 Å². The fourth-order valence-electron chi connectivity index (χ4n) is 3.67. The van der Waals surface area contributed by atoms with E-state index in [4.69, 9.17) is 4.74 Å². The van der Waals surface area contributed by atoms with Gasteiger partial charge in [0.05, 0.1) is 11.4 Å². The molecule has 1 unspecified atom stereocenters. The van der Waals surface area contributed by atoms with Crippen molar-refractivity contribution in [3.8, 4) is 0 Å². The van der Waals surface area contributed by atoms with Crippen molar-refractivity contribution in [3.05, 3.63) is 18.0 Å². The van der Waals surface area contributed by atoms with Crippen molar-refractivity contribution >= 4 is 15.8 Å². The molecule has 3 rings (SSSR count). The summed E-state index contributed by atoms with van der Waals surface area (Å²) in [5, 5.41) is 3.28. The van der Waals surface area contributed by atoms with Crippen molar-refractivity contribution in [2.45, 2.75) is 32.3 Å². The second kappa shape index (κ2) is 7.55. The lowest BCUT2D eigenvalue weighted by Gasteiger charge is -2.50. The van der Waals surface area contributed by atoms with Crippen molar-refractivity contribution < 1.29 is 13.2 Å². The van der Waals surface area contributed by atoms with Gasteiger partial charge >= 0.3 is 0 Å². The van der Waals surface area contributed by atoms with Crippen LogP contribution in [0.2, 0.25) is 0 Å². The number of aryl methyl sites for hydroxylation is 1. The monoisotopic (exact) mass is 368 g/mol. The van der Waals surface area contributed by atoms with E-state index in [1.165, 1.54) is 0 Å². The highest BCUT2D eigenvalue weighted by Gasteiger charge is 2.52. The molecule has 0 amide bonds. The Kier molecular flexibility index (Phi) is 5.60. The molecule has 25 heavy (non-hydrogen) atoms. The molecule has 2 aliphatic heterocycles. The Morgan fingerprint density at radius 1 is 1.36 bits per heavy atom. The van der Waals surface area contributed by atoms with Crippen LogP contribution in [0.1, 0.15) is 25.3 Å². The summed E-state index contributed by atoms with van der Waals surface area (Å²) in [6, 6.07) is 0. The van der Waals surface area contributed by atoms with E-state index in [1.807, 2.05) is 19.3 Å². The largest absolute Gasteiger partial charge is 0.372 e. The molecular weight excluding hydrogens is 340 g/mol. The molecule has 3 heterocycles. The maximum absolute atomic E-state index is 11.6. The first-order chi connectivity index (χ1) is 11.9. The molecule has 1 aromatic heterocycles. The predicted molar refractivity (Wildman–Crippen MR) is 97.4 cm³/mol. The summed E-state index contributed by atoms with van der Waals surface area (Å²) in [6.07, 6.45) is 5.70. The molecule has 1 atom stereocenters. The smallest absolute Gasteiger partial charge is 0.222 e.